The number of benzene rings is 2. The Bertz CT molecular complexity index is 306. The third kappa shape index (κ3) is 4.37. The molecule has 0 radical (unpaired) electrons. The Hall–Kier alpha value is -0.980. The van der Waals surface area contributed by atoms with E-state index < -0.39 is 0 Å². The Morgan fingerprint density at radius 3 is 1.00 bits per heavy atom. The lowest BCUT2D eigenvalue weighted by molar-refractivity contribution is 1.62. The minimum atomic E-state index is 0. The van der Waals surface area contributed by atoms with Crippen molar-refractivity contribution in [1.29, 1.82) is 0 Å². The van der Waals surface area contributed by atoms with Gasteiger partial charge in [-0.15, -0.1) is 24.8 Å². The lowest BCUT2D eigenvalue weighted by Crippen LogP contribution is -1.73. The molecule has 0 spiro atoms. The van der Waals surface area contributed by atoms with Crippen LogP contribution in [-0.4, -0.2) is 0 Å². The van der Waals surface area contributed by atoms with Gasteiger partial charge in [-0.05, 0) is 11.1 Å². The first kappa shape index (κ1) is 16.4. The van der Waals surface area contributed by atoms with Crippen molar-refractivity contribution in [1.82, 2.24) is 0 Å². The molecular formula is C13H16Cl2. The van der Waals surface area contributed by atoms with Gasteiger partial charge in [-0.2, -0.15) is 0 Å². The summed E-state index contributed by atoms with van der Waals surface area (Å²) in [4.78, 5) is 0. The second-order valence-corrected chi connectivity index (χ2v) is 2.73. The minimum Gasteiger partial charge on any atom is -0.147 e. The highest BCUT2D eigenvalue weighted by Crippen LogP contribution is 2.17. The summed E-state index contributed by atoms with van der Waals surface area (Å²) in [5, 5.41) is 0. The van der Waals surface area contributed by atoms with E-state index in [2.05, 4.69) is 48.5 Å². The predicted molar refractivity (Wildman–Crippen MR) is 73.1 cm³/mol. The quantitative estimate of drug-likeness (QED) is 0.672. The monoisotopic (exact) mass is 242 g/mol. The number of halogens is 2. The van der Waals surface area contributed by atoms with Gasteiger partial charge in [-0.3, -0.25) is 0 Å². The molecule has 2 aromatic carbocycles. The summed E-state index contributed by atoms with van der Waals surface area (Å²) in [5.74, 6) is 0. The van der Waals surface area contributed by atoms with Gasteiger partial charge in [-0.25, -0.2) is 0 Å². The third-order valence-electron chi connectivity index (χ3n) is 1.88. The second kappa shape index (κ2) is 8.34. The van der Waals surface area contributed by atoms with E-state index in [9.17, 15) is 0 Å². The molecule has 0 unspecified atom stereocenters. The maximum Gasteiger partial charge on any atom is -0.0184 e. The van der Waals surface area contributed by atoms with Gasteiger partial charge < -0.3 is 0 Å². The average molecular weight is 243 g/mol. The zero-order valence-electron chi connectivity index (χ0n) is 7.59. The summed E-state index contributed by atoms with van der Waals surface area (Å²) in [7, 11) is 0. The molecule has 0 aromatic heterocycles. The van der Waals surface area contributed by atoms with E-state index in [0.717, 1.165) is 0 Å². The van der Waals surface area contributed by atoms with E-state index in [0.29, 0.717) is 0 Å². The molecule has 2 heteroatoms. The average Bonchev–Trinajstić information content (AvgIpc) is 2.21. The molecule has 0 fully saturated rings. The predicted octanol–water partition coefficient (Wildman–Crippen LogP) is 4.83. The first-order valence-electron chi connectivity index (χ1n) is 4.07. The molecule has 0 aliphatic carbocycles. The Morgan fingerprint density at radius 1 is 0.467 bits per heavy atom. The molecular weight excluding hydrogens is 227 g/mol. The highest BCUT2D eigenvalue weighted by Gasteiger charge is 1.91. The van der Waals surface area contributed by atoms with Crippen LogP contribution in [0.1, 0.15) is 7.43 Å². The standard InChI is InChI=1S/C12H10.CH4.2ClH/c1-3-7-11(8-4-1)12-9-5-2-6-10-12;;;/h1-10H;1H4;2*1H. The Labute approximate surface area is 104 Å². The number of rotatable bonds is 1. The van der Waals surface area contributed by atoms with Crippen molar-refractivity contribution in [2.24, 2.45) is 0 Å². The smallest absolute Gasteiger partial charge is 0.0184 e. The molecule has 0 N–H and O–H groups in total. The van der Waals surface area contributed by atoms with Crippen LogP contribution in [0.4, 0.5) is 0 Å². The Balaban J connectivity index is 0. The molecule has 0 aliphatic heterocycles. The van der Waals surface area contributed by atoms with Gasteiger partial charge in [0, 0.05) is 0 Å². The topological polar surface area (TPSA) is 0 Å². The van der Waals surface area contributed by atoms with Crippen LogP contribution in [0.25, 0.3) is 11.1 Å². The zero-order valence-corrected chi connectivity index (χ0v) is 9.22. The van der Waals surface area contributed by atoms with Crippen LogP contribution < -0.4 is 0 Å². The van der Waals surface area contributed by atoms with E-state index in [4.69, 9.17) is 0 Å². The SMILES string of the molecule is C.Cl.Cl.c1ccc(-c2ccccc2)cc1. The lowest BCUT2D eigenvalue weighted by Gasteiger charge is -1.98. The van der Waals surface area contributed by atoms with E-state index in [1.165, 1.54) is 11.1 Å². The molecule has 0 bridgehead atoms. The molecule has 0 aliphatic rings. The minimum absolute atomic E-state index is 0. The van der Waals surface area contributed by atoms with Gasteiger partial charge in [-0.1, -0.05) is 68.1 Å². The van der Waals surface area contributed by atoms with Crippen LogP contribution in [0.2, 0.25) is 0 Å². The van der Waals surface area contributed by atoms with Gasteiger partial charge in [0.1, 0.15) is 0 Å². The molecule has 2 rings (SSSR count). The van der Waals surface area contributed by atoms with E-state index >= 15 is 0 Å². The van der Waals surface area contributed by atoms with Gasteiger partial charge >= 0.3 is 0 Å². The van der Waals surface area contributed by atoms with Gasteiger partial charge in [0.2, 0.25) is 0 Å². The van der Waals surface area contributed by atoms with Crippen molar-refractivity contribution < 1.29 is 0 Å². The zero-order chi connectivity index (χ0) is 8.23. The fraction of sp³-hybridized carbons (Fsp3) is 0.0769. The van der Waals surface area contributed by atoms with Crippen molar-refractivity contribution in [3.63, 3.8) is 0 Å². The number of hydrogen-bond acceptors (Lipinski definition) is 0. The maximum atomic E-state index is 2.12. The summed E-state index contributed by atoms with van der Waals surface area (Å²) >= 11 is 0. The third-order valence-corrected chi connectivity index (χ3v) is 1.88. The van der Waals surface area contributed by atoms with E-state index in [-0.39, 0.29) is 32.2 Å². The first-order chi connectivity index (χ1) is 5.97. The molecule has 0 nitrogen and oxygen atoms in total. The largest absolute Gasteiger partial charge is 0.147 e. The fourth-order valence-corrected chi connectivity index (χ4v) is 1.26. The van der Waals surface area contributed by atoms with Crippen molar-refractivity contribution in [2.45, 2.75) is 7.43 Å². The summed E-state index contributed by atoms with van der Waals surface area (Å²) in [6.07, 6.45) is 0. The van der Waals surface area contributed by atoms with Crippen molar-refractivity contribution in [3.8, 4) is 11.1 Å². The van der Waals surface area contributed by atoms with Crippen LogP contribution in [0, 0.1) is 0 Å². The Morgan fingerprint density at radius 2 is 0.733 bits per heavy atom. The van der Waals surface area contributed by atoms with Gasteiger partial charge in [0.25, 0.3) is 0 Å². The van der Waals surface area contributed by atoms with E-state index in [1.54, 1.807) is 0 Å². The summed E-state index contributed by atoms with van der Waals surface area (Å²) in [6, 6.07) is 20.8. The normalized spacial score (nSPS) is 7.73. The van der Waals surface area contributed by atoms with Crippen molar-refractivity contribution in [3.05, 3.63) is 60.7 Å². The van der Waals surface area contributed by atoms with Crippen molar-refractivity contribution in [2.75, 3.05) is 0 Å². The van der Waals surface area contributed by atoms with Gasteiger partial charge in [0.05, 0.1) is 0 Å². The maximum absolute atomic E-state index is 2.12. The Kier molecular flexibility index (Phi) is 9.14. The summed E-state index contributed by atoms with van der Waals surface area (Å²) in [6.45, 7) is 0. The number of hydrogen-bond donors (Lipinski definition) is 0. The van der Waals surface area contributed by atoms with Crippen LogP contribution in [-0.2, 0) is 0 Å². The van der Waals surface area contributed by atoms with Crippen LogP contribution in [0.5, 0.6) is 0 Å². The molecule has 15 heavy (non-hydrogen) atoms. The molecule has 0 amide bonds. The molecule has 82 valence electrons. The first-order valence-corrected chi connectivity index (χ1v) is 4.07. The second-order valence-electron chi connectivity index (χ2n) is 2.73. The van der Waals surface area contributed by atoms with Crippen molar-refractivity contribution >= 4 is 24.8 Å². The molecule has 0 heterocycles. The molecule has 0 saturated carbocycles. The lowest BCUT2D eigenvalue weighted by atomic mass is 10.1. The molecule has 2 aromatic rings. The highest BCUT2D eigenvalue weighted by molar-refractivity contribution is 5.85. The fourth-order valence-electron chi connectivity index (χ4n) is 1.26. The molecule has 0 saturated heterocycles. The summed E-state index contributed by atoms with van der Waals surface area (Å²) < 4.78 is 0. The van der Waals surface area contributed by atoms with Crippen LogP contribution >= 0.6 is 24.8 Å². The van der Waals surface area contributed by atoms with E-state index in [1.807, 2.05) is 12.1 Å². The van der Waals surface area contributed by atoms with Crippen LogP contribution in [0.3, 0.4) is 0 Å². The molecule has 0 atom stereocenters. The summed E-state index contributed by atoms with van der Waals surface area (Å²) in [5.41, 5.74) is 2.55. The van der Waals surface area contributed by atoms with Crippen LogP contribution in [0.15, 0.2) is 60.7 Å². The highest BCUT2D eigenvalue weighted by atomic mass is 35.5. The van der Waals surface area contributed by atoms with Gasteiger partial charge in [0.15, 0.2) is 0 Å².